The average Bonchev–Trinajstić information content (AvgIpc) is 3.54. The number of nitrogens with zero attached hydrogens (tertiary/aromatic N) is 10. The molecule has 3 aromatic heterocycles. The molecule has 0 atom stereocenters. The van der Waals surface area contributed by atoms with Crippen molar-refractivity contribution < 1.29 is 4.79 Å². The molecule has 1 aromatic carbocycles. The van der Waals surface area contributed by atoms with Crippen LogP contribution in [0.3, 0.4) is 0 Å². The largest absolute Gasteiger partial charge is 0.353 e. The van der Waals surface area contributed by atoms with Gasteiger partial charge in [0.05, 0.1) is 5.69 Å². The Balaban J connectivity index is 1.27. The predicted octanol–water partition coefficient (Wildman–Crippen LogP) is 0.600. The van der Waals surface area contributed by atoms with Gasteiger partial charge in [-0.2, -0.15) is 0 Å². The van der Waals surface area contributed by atoms with Crippen LogP contribution in [-0.2, 0) is 0 Å². The molecule has 4 aromatic rings. The molecule has 11 nitrogen and oxygen atoms in total. The molecule has 11 heteroatoms. The highest BCUT2D eigenvalue weighted by molar-refractivity contribution is 5.95. The molecule has 1 aliphatic heterocycles. The molecule has 1 amide bonds. The number of anilines is 1. The molecule has 30 heavy (non-hydrogen) atoms. The number of rotatable bonds is 4. The van der Waals surface area contributed by atoms with Crippen LogP contribution in [0.1, 0.15) is 10.4 Å². The van der Waals surface area contributed by atoms with Gasteiger partial charge in [-0.15, -0.1) is 5.10 Å². The first-order valence-electron chi connectivity index (χ1n) is 9.46. The minimum atomic E-state index is -0.00799. The Bertz CT molecular complexity index is 1130. The lowest BCUT2D eigenvalue weighted by molar-refractivity contribution is 0.0746. The summed E-state index contributed by atoms with van der Waals surface area (Å²) in [6, 6.07) is 9.23. The van der Waals surface area contributed by atoms with Gasteiger partial charge in [0.1, 0.15) is 30.6 Å². The van der Waals surface area contributed by atoms with E-state index in [1.54, 1.807) is 24.9 Å². The van der Waals surface area contributed by atoms with Crippen LogP contribution in [0.4, 0.5) is 5.82 Å². The Morgan fingerprint density at radius 2 is 1.83 bits per heavy atom. The smallest absolute Gasteiger partial charge is 0.254 e. The van der Waals surface area contributed by atoms with Crippen LogP contribution in [0, 0.1) is 0 Å². The maximum Gasteiger partial charge on any atom is 0.254 e. The van der Waals surface area contributed by atoms with E-state index in [0.29, 0.717) is 31.7 Å². The molecule has 0 bridgehead atoms. The number of benzene rings is 1. The van der Waals surface area contributed by atoms with Gasteiger partial charge in [-0.25, -0.2) is 19.6 Å². The van der Waals surface area contributed by atoms with Crippen molar-refractivity contribution in [3.8, 4) is 11.5 Å². The van der Waals surface area contributed by atoms with Gasteiger partial charge >= 0.3 is 0 Å². The van der Waals surface area contributed by atoms with E-state index in [1.165, 1.54) is 11.0 Å². The highest BCUT2D eigenvalue weighted by Crippen LogP contribution is 2.18. The number of amides is 1. The van der Waals surface area contributed by atoms with E-state index in [0.717, 1.165) is 17.3 Å². The number of hydrogen-bond acceptors (Lipinski definition) is 8. The summed E-state index contributed by atoms with van der Waals surface area (Å²) >= 11 is 0. The first-order valence-corrected chi connectivity index (χ1v) is 9.46. The zero-order valence-electron chi connectivity index (χ0n) is 16.0. The van der Waals surface area contributed by atoms with Crippen molar-refractivity contribution in [1.29, 1.82) is 0 Å². The molecule has 0 aliphatic carbocycles. The zero-order valence-corrected chi connectivity index (χ0v) is 16.0. The van der Waals surface area contributed by atoms with Crippen molar-refractivity contribution >= 4 is 11.7 Å². The van der Waals surface area contributed by atoms with Gasteiger partial charge in [-0.3, -0.25) is 9.36 Å². The normalized spacial score (nSPS) is 14.1. The quantitative estimate of drug-likeness (QED) is 0.488. The third-order valence-electron chi connectivity index (χ3n) is 5.00. The van der Waals surface area contributed by atoms with Gasteiger partial charge in [0.2, 0.25) is 0 Å². The molecule has 0 spiro atoms. The third-order valence-corrected chi connectivity index (χ3v) is 5.00. The third kappa shape index (κ3) is 3.48. The molecule has 0 saturated carbocycles. The van der Waals surface area contributed by atoms with Crippen molar-refractivity contribution in [3.05, 3.63) is 67.3 Å². The molecule has 5 rings (SSSR count). The molecule has 1 aliphatic rings. The van der Waals surface area contributed by atoms with Crippen molar-refractivity contribution in [3.63, 3.8) is 0 Å². The zero-order chi connectivity index (χ0) is 20.3. The highest BCUT2D eigenvalue weighted by atomic mass is 16.2. The number of imidazole rings is 1. The van der Waals surface area contributed by atoms with E-state index in [9.17, 15) is 4.79 Å². The SMILES string of the molecule is O=C(c1cccc(-n2cnnn2)c1)N1CCN(c2cc(-n3ccnc3)ncn2)CC1. The Labute approximate surface area is 171 Å². The maximum atomic E-state index is 13.0. The predicted molar refractivity (Wildman–Crippen MR) is 106 cm³/mol. The minimum Gasteiger partial charge on any atom is -0.353 e. The Morgan fingerprint density at radius 3 is 2.60 bits per heavy atom. The number of carbonyl (C=O) groups is 1. The maximum absolute atomic E-state index is 13.0. The summed E-state index contributed by atoms with van der Waals surface area (Å²) in [7, 11) is 0. The molecular formula is C19H18N10O. The Kier molecular flexibility index (Phi) is 4.60. The highest BCUT2D eigenvalue weighted by Gasteiger charge is 2.23. The summed E-state index contributed by atoms with van der Waals surface area (Å²) in [6.45, 7) is 2.61. The average molecular weight is 402 g/mol. The van der Waals surface area contributed by atoms with Crippen LogP contribution in [0.2, 0.25) is 0 Å². The molecular weight excluding hydrogens is 384 g/mol. The molecule has 1 saturated heterocycles. The van der Waals surface area contributed by atoms with E-state index in [1.807, 2.05) is 39.9 Å². The van der Waals surface area contributed by atoms with Crippen LogP contribution in [0.5, 0.6) is 0 Å². The lowest BCUT2D eigenvalue weighted by atomic mass is 10.1. The summed E-state index contributed by atoms with van der Waals surface area (Å²) < 4.78 is 3.37. The summed E-state index contributed by atoms with van der Waals surface area (Å²) in [5.74, 6) is 1.59. The Morgan fingerprint density at radius 1 is 0.967 bits per heavy atom. The van der Waals surface area contributed by atoms with Crippen molar-refractivity contribution in [2.45, 2.75) is 0 Å². The van der Waals surface area contributed by atoms with Crippen molar-refractivity contribution in [2.24, 2.45) is 0 Å². The summed E-state index contributed by atoms with van der Waals surface area (Å²) in [4.78, 5) is 29.7. The van der Waals surface area contributed by atoms with Crippen LogP contribution >= 0.6 is 0 Å². The minimum absolute atomic E-state index is 0.00799. The Hall–Kier alpha value is -4.15. The van der Waals surface area contributed by atoms with Crippen LogP contribution in [-0.4, -0.2) is 76.7 Å². The summed E-state index contributed by atoms with van der Waals surface area (Å²) in [6.07, 6.45) is 8.30. The number of aromatic nitrogens is 8. The lowest BCUT2D eigenvalue weighted by Gasteiger charge is -2.35. The van der Waals surface area contributed by atoms with Crippen molar-refractivity contribution in [2.75, 3.05) is 31.1 Å². The van der Waals surface area contributed by atoms with E-state index in [2.05, 4.69) is 35.4 Å². The summed E-state index contributed by atoms with van der Waals surface area (Å²) in [5.41, 5.74) is 1.36. The van der Waals surface area contributed by atoms with E-state index >= 15 is 0 Å². The van der Waals surface area contributed by atoms with Crippen LogP contribution < -0.4 is 4.90 Å². The second-order valence-corrected chi connectivity index (χ2v) is 6.79. The molecule has 1 fully saturated rings. The summed E-state index contributed by atoms with van der Waals surface area (Å²) in [5, 5.41) is 11.2. The second-order valence-electron chi connectivity index (χ2n) is 6.79. The standard InChI is InChI=1S/C19H18N10O/c30-19(15-2-1-3-16(10-15)29-14-23-24-25-29)27-8-6-26(7-9-27)17-11-18(22-12-21-17)28-5-4-20-13-28/h1-5,10-14H,6-9H2. The van der Waals surface area contributed by atoms with E-state index in [4.69, 9.17) is 0 Å². The molecule has 0 N–H and O–H groups in total. The lowest BCUT2D eigenvalue weighted by Crippen LogP contribution is -2.49. The number of tetrazole rings is 1. The van der Waals surface area contributed by atoms with E-state index in [-0.39, 0.29) is 5.91 Å². The second kappa shape index (κ2) is 7.70. The molecule has 0 radical (unpaired) electrons. The number of hydrogen-bond donors (Lipinski definition) is 0. The van der Waals surface area contributed by atoms with Crippen LogP contribution in [0.15, 0.2) is 61.7 Å². The van der Waals surface area contributed by atoms with Gasteiger partial charge in [-0.1, -0.05) is 6.07 Å². The first kappa shape index (κ1) is 17.9. The monoisotopic (exact) mass is 402 g/mol. The van der Waals surface area contributed by atoms with Gasteiger partial charge < -0.3 is 9.80 Å². The van der Waals surface area contributed by atoms with Gasteiger partial charge in [0.15, 0.2) is 0 Å². The number of piperazine rings is 1. The fraction of sp³-hybridized carbons (Fsp3) is 0.211. The van der Waals surface area contributed by atoms with Gasteiger partial charge in [0, 0.05) is 50.2 Å². The fourth-order valence-electron chi connectivity index (χ4n) is 3.43. The molecule has 150 valence electrons. The number of carbonyl (C=O) groups excluding carboxylic acids is 1. The van der Waals surface area contributed by atoms with E-state index < -0.39 is 0 Å². The van der Waals surface area contributed by atoms with Gasteiger partial charge in [0.25, 0.3) is 5.91 Å². The molecule has 0 unspecified atom stereocenters. The first-order chi connectivity index (χ1) is 14.8. The van der Waals surface area contributed by atoms with Gasteiger partial charge in [-0.05, 0) is 28.6 Å². The van der Waals surface area contributed by atoms with Crippen molar-refractivity contribution in [1.82, 2.24) is 44.6 Å². The molecule has 4 heterocycles. The topological polar surface area (TPSA) is 111 Å². The fourth-order valence-corrected chi connectivity index (χ4v) is 3.43. The van der Waals surface area contributed by atoms with Crippen LogP contribution in [0.25, 0.3) is 11.5 Å².